The summed E-state index contributed by atoms with van der Waals surface area (Å²) in [4.78, 5) is 182. The van der Waals surface area contributed by atoms with Gasteiger partial charge in [-0.15, -0.1) is 0 Å². The molecular formula is C88H107Cl2FN14O17S2. The molecule has 0 spiro atoms. The number of aliphatic imine (C=N–C) groups is 1. The first-order valence-electron chi connectivity index (χ1n) is 40.7. The first-order valence-corrected chi connectivity index (χ1v) is 45.6. The lowest BCUT2D eigenvalue weighted by atomic mass is 9.75. The van der Waals surface area contributed by atoms with E-state index in [4.69, 9.17) is 28.2 Å². The van der Waals surface area contributed by atoms with Crippen molar-refractivity contribution in [2.75, 3.05) is 64.9 Å². The lowest BCUT2D eigenvalue weighted by Crippen LogP contribution is -2.62. The van der Waals surface area contributed by atoms with E-state index in [9.17, 15) is 46.2 Å². The molecule has 10 rings (SSSR count). The molecule has 0 bridgehead atoms. The van der Waals surface area contributed by atoms with Crippen LogP contribution < -0.4 is 42.5 Å². The molecule has 31 nitrogen and oxygen atoms in total. The van der Waals surface area contributed by atoms with E-state index in [1.165, 1.54) is 67.2 Å². The molecular weight excluding hydrogens is 1680 g/mol. The molecule has 1 unspecified atom stereocenters. The number of nitrogens with one attached hydrogen (secondary N) is 9. The quantitative estimate of drug-likeness (QED) is 0.0509. The van der Waals surface area contributed by atoms with E-state index in [1.54, 1.807) is 109 Å². The number of phenolic OH excluding ortho intramolecular Hbond substituents is 1. The lowest BCUT2D eigenvalue weighted by molar-refractivity contribution is -0.147. The van der Waals surface area contributed by atoms with Crippen LogP contribution in [-0.4, -0.2) is 253 Å². The van der Waals surface area contributed by atoms with Crippen LogP contribution in [0.1, 0.15) is 93.2 Å². The number of aliphatic hydroxyl groups is 1. The van der Waals surface area contributed by atoms with Gasteiger partial charge in [0.15, 0.2) is 17.2 Å². The maximum Gasteiger partial charge on any atom is 0.247 e. The monoisotopic (exact) mass is 1780 g/mol. The van der Waals surface area contributed by atoms with Crippen LogP contribution in [0, 0.1) is 17.2 Å². The van der Waals surface area contributed by atoms with E-state index in [0.29, 0.717) is 51.6 Å². The second kappa shape index (κ2) is 41.4. The molecule has 3 aliphatic heterocycles. The van der Waals surface area contributed by atoms with Crippen LogP contribution in [0.2, 0.25) is 10.0 Å². The van der Waals surface area contributed by atoms with Crippen molar-refractivity contribution in [1.82, 2.24) is 67.1 Å². The van der Waals surface area contributed by atoms with Gasteiger partial charge in [-0.2, -0.15) is 0 Å². The zero-order chi connectivity index (χ0) is 90.3. The number of sulfone groups is 2. The zero-order valence-electron chi connectivity index (χ0n) is 70.4. The standard InChI is InChI=1S/C88H107Cl2FN14O17S2/c1-52-76(109)94-65(34-38-123(8,119)120)77(110)97-69(45-56-25-19-27-61(90)41-56)82(115)103(6)73(51-106)81(114)95-66(35-39-124(9,121)122)78(111)98-70(47-58-50-92-64-29-17-16-28-62(58)64)83(116)102(5)72(46-53-20-12-10-13-21-53)85(118)104(7)88(49-54-22-14-11-15-23-54)86(101-88)100-68(44-57-30-31-74(107)63(91)42-57)80(113)96-67(43-55-24-18-26-60(89)40-55)79(112)99-71(48-75(108)93-52)84(117)105-36-32-59(33-37-105)87(2,3)4/h10-31,40-42,50,52,59,65-73,92,106-107H,32-39,43-49,51H2,1-9H3,(H,93,108)(H,94,109)(H,95,114)(H,96,113)(H,97,110)(H,98,111)(H,99,112)(H,100,101)/t52-,65-,66-,67-,68-,69-,70-,71-,72-,73?,88-/m0/s1. The maximum atomic E-state index is 16.3. The van der Waals surface area contributed by atoms with Gasteiger partial charge in [0, 0.05) is 112 Å². The van der Waals surface area contributed by atoms with Gasteiger partial charge in [0.1, 0.15) is 85.9 Å². The summed E-state index contributed by atoms with van der Waals surface area (Å²) in [5.41, 5.74) is 1.16. The third kappa shape index (κ3) is 25.7. The number of rotatable bonds is 20. The highest BCUT2D eigenvalue weighted by molar-refractivity contribution is 7.90. The molecule has 11 atom stereocenters. The number of piperidine rings is 1. The Bertz CT molecular complexity index is 5370. The Morgan fingerprint density at radius 1 is 0.532 bits per heavy atom. The highest BCUT2D eigenvalue weighted by atomic mass is 35.5. The molecule has 6 aromatic carbocycles. The first-order chi connectivity index (χ1) is 58.6. The Morgan fingerprint density at radius 3 is 1.56 bits per heavy atom. The number of amides is 11. The zero-order valence-corrected chi connectivity index (χ0v) is 73.5. The molecule has 36 heteroatoms. The average molecular weight is 1790 g/mol. The van der Waals surface area contributed by atoms with E-state index >= 15 is 38.0 Å². The van der Waals surface area contributed by atoms with Gasteiger partial charge in [0.05, 0.1) is 24.5 Å². The molecule has 4 heterocycles. The number of carbonyl (C=O) groups is 11. The first kappa shape index (κ1) is 94.9. The number of hydrogen-bond acceptors (Lipinski definition) is 19. The van der Waals surface area contributed by atoms with Gasteiger partial charge in [0.2, 0.25) is 65.0 Å². The second-order valence-corrected chi connectivity index (χ2v) is 38.6. The number of nitrogens with zero attached hydrogens (tertiary/aromatic N) is 5. The minimum absolute atomic E-state index is 0.00224. The number of hydrogen-bond donors (Lipinski definition) is 11. The maximum absolute atomic E-state index is 16.3. The van der Waals surface area contributed by atoms with Crippen LogP contribution in [-0.2, 0) is 111 Å². The highest BCUT2D eigenvalue weighted by Crippen LogP contribution is 2.38. The number of H-pyrrole nitrogens is 1. The normalized spacial score (nSPS) is 23.6. The summed E-state index contributed by atoms with van der Waals surface area (Å²) in [6.45, 7) is 6.62. The number of aromatic nitrogens is 1. The summed E-state index contributed by atoms with van der Waals surface area (Å²) < 4.78 is 67.7. The Hall–Kier alpha value is -11.3. The fourth-order valence-electron chi connectivity index (χ4n) is 15.5. The number of benzene rings is 6. The molecule has 0 saturated carbocycles. The molecule has 3 aliphatic rings. The Kier molecular flexibility index (Phi) is 31.7. The van der Waals surface area contributed by atoms with E-state index < -0.39 is 213 Å². The van der Waals surface area contributed by atoms with Crippen LogP contribution in [0.15, 0.2) is 163 Å². The summed E-state index contributed by atoms with van der Waals surface area (Å²) in [5, 5.41) is 44.3. The van der Waals surface area contributed by atoms with Crippen LogP contribution in [0.5, 0.6) is 5.75 Å². The van der Waals surface area contributed by atoms with E-state index in [0.717, 1.165) is 41.5 Å². The summed E-state index contributed by atoms with van der Waals surface area (Å²) in [7, 11) is -4.09. The van der Waals surface area contributed by atoms with Gasteiger partial charge in [0.25, 0.3) is 0 Å². The third-order valence-corrected chi connectivity index (χ3v) is 25.2. The summed E-state index contributed by atoms with van der Waals surface area (Å²) in [6, 6.07) is 23.0. The number of fused-ring (bicyclic) bond motifs is 2. The Labute approximate surface area is 730 Å². The van der Waals surface area contributed by atoms with Crippen molar-refractivity contribution in [3.8, 4) is 5.75 Å². The lowest BCUT2D eigenvalue weighted by Gasteiger charge is -2.40. The minimum atomic E-state index is -3.99. The summed E-state index contributed by atoms with van der Waals surface area (Å²) in [6.07, 6.45) is 0.465. The van der Waals surface area contributed by atoms with E-state index in [2.05, 4.69) is 68.3 Å². The van der Waals surface area contributed by atoms with Crippen molar-refractivity contribution in [1.29, 1.82) is 0 Å². The summed E-state index contributed by atoms with van der Waals surface area (Å²) in [5.74, 6) is -14.2. The molecule has 0 aliphatic carbocycles. The minimum Gasteiger partial charge on any atom is -0.505 e. The molecule has 11 N–H and O–H groups in total. The van der Waals surface area contributed by atoms with Crippen LogP contribution >= 0.6 is 23.2 Å². The molecule has 664 valence electrons. The number of aromatic amines is 1. The van der Waals surface area contributed by atoms with Crippen molar-refractivity contribution in [2.24, 2.45) is 16.3 Å². The van der Waals surface area contributed by atoms with Gasteiger partial charge < -0.3 is 77.3 Å². The molecule has 11 amide bonds. The van der Waals surface area contributed by atoms with Gasteiger partial charge in [-0.25, -0.2) is 26.2 Å². The largest absolute Gasteiger partial charge is 0.505 e. The predicted molar refractivity (Wildman–Crippen MR) is 466 cm³/mol. The van der Waals surface area contributed by atoms with Crippen molar-refractivity contribution >= 4 is 125 Å². The molecule has 2 fully saturated rings. The number of aliphatic hydroxyl groups excluding tert-OH is 1. The van der Waals surface area contributed by atoms with Gasteiger partial charge in [-0.1, -0.05) is 153 Å². The molecule has 0 radical (unpaired) electrons. The molecule has 1 aromatic heterocycles. The van der Waals surface area contributed by atoms with Crippen LogP contribution in [0.25, 0.3) is 10.9 Å². The summed E-state index contributed by atoms with van der Waals surface area (Å²) >= 11 is 13.0. The Balaban J connectivity index is 1.11. The van der Waals surface area contributed by atoms with Crippen LogP contribution in [0.3, 0.4) is 0 Å². The van der Waals surface area contributed by atoms with E-state index in [-0.39, 0.29) is 71.6 Å². The number of halogens is 3. The average Bonchev–Trinajstić information content (AvgIpc) is 1.56. The van der Waals surface area contributed by atoms with Gasteiger partial charge in [-0.05, 0) is 120 Å². The van der Waals surface area contributed by atoms with Gasteiger partial charge in [-0.3, -0.25) is 52.7 Å². The van der Waals surface area contributed by atoms with Crippen molar-refractivity contribution in [3.05, 3.63) is 207 Å². The smallest absolute Gasteiger partial charge is 0.247 e. The number of likely N-dealkylation sites (tertiary alicyclic amines) is 1. The van der Waals surface area contributed by atoms with Gasteiger partial charge >= 0.3 is 0 Å². The number of phenols is 1. The van der Waals surface area contributed by atoms with Crippen LogP contribution in [0.4, 0.5) is 4.39 Å². The van der Waals surface area contributed by atoms with Crippen molar-refractivity contribution in [3.63, 3.8) is 0 Å². The SMILES string of the molecule is C[C@@H]1NC(=O)C[C@@H](C(=O)N2CCC(C(C)(C)C)CC2)NC(=O)[C@H](Cc2cccc(Cl)c2)NC(=O)[C@H](Cc2ccc(O)c(F)c2)NC2=N[C@@]2(Cc2ccccc2)N(C)C(=O)[C@H](Cc2ccccc2)N(C)C(=O)[C@H](Cc2c[nH]c3ccccc23)NC(=O)[C@H](CCS(C)(=O)=O)NC(=O)C(CO)N(C)C(=O)[C@H](Cc2cccc(Cl)c2)NC(=O)[C@H](CCS(C)(=O)=O)NC1=O. The number of likely N-dealkylation sites (N-methyl/N-ethyl adjacent to an activating group) is 3. The van der Waals surface area contributed by atoms with E-state index in [1.807, 2.05) is 0 Å². The fraction of sp³-hybridized carbons (Fsp3) is 0.432. The molecule has 7 aromatic rings. The predicted octanol–water partition coefficient (Wildman–Crippen LogP) is 4.22. The Morgan fingerprint density at radius 2 is 1.01 bits per heavy atom. The molecule has 2 saturated heterocycles. The van der Waals surface area contributed by atoms with Crippen molar-refractivity contribution < 1.29 is 84.2 Å². The number of amidine groups is 1. The highest BCUT2D eigenvalue weighted by Gasteiger charge is 2.56. The molecule has 124 heavy (non-hydrogen) atoms. The topological polar surface area (TPSA) is 434 Å². The number of carbonyl (C=O) groups excluding carboxylic acids is 11. The second-order valence-electron chi connectivity index (χ2n) is 33.2. The number of para-hydroxylation sites is 1. The third-order valence-electron chi connectivity index (χ3n) is 22.8. The number of aromatic hydroxyl groups is 1. The fourth-order valence-corrected chi connectivity index (χ4v) is 17.2. The van der Waals surface area contributed by atoms with Crippen molar-refractivity contribution in [2.45, 2.75) is 164 Å².